The van der Waals surface area contributed by atoms with Crippen LogP contribution >= 0.6 is 0 Å². The van der Waals surface area contributed by atoms with Crippen LogP contribution in [0.2, 0.25) is 0 Å². The number of nitrogens with zero attached hydrogens (tertiary/aromatic N) is 3. The van der Waals surface area contributed by atoms with Gasteiger partial charge in [-0.25, -0.2) is 18.7 Å². The van der Waals surface area contributed by atoms with Crippen LogP contribution in [0.1, 0.15) is 51.0 Å². The second-order valence-electron chi connectivity index (χ2n) is 10.4. The van der Waals surface area contributed by atoms with E-state index in [1.54, 1.807) is 19.2 Å². The first-order valence-electron chi connectivity index (χ1n) is 13.3. The number of anilines is 1. The van der Waals surface area contributed by atoms with Crippen LogP contribution in [0, 0.1) is 5.41 Å². The zero-order chi connectivity index (χ0) is 26.8. The Bertz CT molecular complexity index is 1250. The van der Waals surface area contributed by atoms with Crippen molar-refractivity contribution in [1.82, 2.24) is 15.0 Å². The largest absolute Gasteiger partial charge is 0.481 e. The summed E-state index contributed by atoms with van der Waals surface area (Å²) in [6, 6.07) is 8.42. The van der Waals surface area contributed by atoms with Crippen molar-refractivity contribution in [2.24, 2.45) is 5.41 Å². The minimum Gasteiger partial charge on any atom is -0.481 e. The molecule has 3 aromatic rings. The number of H-pyrrole nitrogens is 1. The number of rotatable bonds is 9. The van der Waals surface area contributed by atoms with E-state index >= 15 is 0 Å². The summed E-state index contributed by atoms with van der Waals surface area (Å²) < 4.78 is 40.1. The van der Waals surface area contributed by atoms with Crippen LogP contribution in [-0.2, 0) is 20.2 Å². The number of alkyl halides is 2. The number of benzene rings is 1. The maximum atomic E-state index is 14.4. The number of aromatic nitrogens is 3. The molecule has 5 rings (SSSR count). The number of aromatic amines is 1. The number of carboxylic acid groups (broad SMARTS) is 1. The number of aliphatic carboxylic acids is 1. The summed E-state index contributed by atoms with van der Waals surface area (Å²) in [6.45, 7) is 4.41. The topological polar surface area (TPSA) is 101 Å². The van der Waals surface area contributed by atoms with Gasteiger partial charge in [-0.05, 0) is 49.9 Å². The average Bonchev–Trinajstić information content (AvgIpc) is 3.36. The van der Waals surface area contributed by atoms with E-state index in [0.29, 0.717) is 49.3 Å². The van der Waals surface area contributed by atoms with E-state index in [1.165, 1.54) is 12.1 Å². The van der Waals surface area contributed by atoms with Crippen molar-refractivity contribution >= 4 is 22.8 Å². The summed E-state index contributed by atoms with van der Waals surface area (Å²) in [5, 5.41) is 9.73. The smallest absolute Gasteiger partial charge is 0.312 e. The quantitative estimate of drug-likeness (QED) is 0.384. The Morgan fingerprint density at radius 2 is 2.00 bits per heavy atom. The number of ether oxygens (including phenoxy) is 2. The minimum atomic E-state index is -2.86. The number of nitrogens with one attached hydrogen (secondary N) is 1. The minimum absolute atomic E-state index is 0.00575. The second-order valence-corrected chi connectivity index (χ2v) is 10.4. The highest BCUT2D eigenvalue weighted by Crippen LogP contribution is 2.35. The molecule has 0 saturated carbocycles. The number of pyridine rings is 1. The van der Waals surface area contributed by atoms with E-state index < -0.39 is 17.3 Å². The summed E-state index contributed by atoms with van der Waals surface area (Å²) >= 11 is 0. The first-order valence-corrected chi connectivity index (χ1v) is 13.3. The van der Waals surface area contributed by atoms with Crippen molar-refractivity contribution < 1.29 is 28.2 Å². The van der Waals surface area contributed by atoms with Gasteiger partial charge in [0.15, 0.2) is 0 Å². The van der Waals surface area contributed by atoms with E-state index in [1.807, 2.05) is 12.1 Å². The predicted molar refractivity (Wildman–Crippen MR) is 139 cm³/mol. The van der Waals surface area contributed by atoms with E-state index in [-0.39, 0.29) is 24.7 Å². The molecule has 0 bridgehead atoms. The number of hydrogen-bond acceptors (Lipinski definition) is 6. The molecule has 0 aliphatic carbocycles. The van der Waals surface area contributed by atoms with Gasteiger partial charge in [0.1, 0.15) is 11.6 Å². The number of carboxylic acids is 1. The highest BCUT2D eigenvalue weighted by Gasteiger charge is 2.41. The highest BCUT2D eigenvalue weighted by atomic mass is 19.3. The normalized spacial score (nSPS) is 18.7. The van der Waals surface area contributed by atoms with Crippen LogP contribution in [0.15, 0.2) is 36.5 Å². The summed E-state index contributed by atoms with van der Waals surface area (Å²) in [4.78, 5) is 26.4. The first-order chi connectivity index (χ1) is 18.3. The third kappa shape index (κ3) is 5.51. The van der Waals surface area contributed by atoms with Gasteiger partial charge in [-0.15, -0.1) is 0 Å². The Hall–Kier alpha value is -3.11. The van der Waals surface area contributed by atoms with E-state index in [4.69, 9.17) is 9.47 Å². The van der Waals surface area contributed by atoms with Gasteiger partial charge in [-0.1, -0.05) is 19.4 Å². The van der Waals surface area contributed by atoms with Crippen molar-refractivity contribution in [3.05, 3.63) is 42.1 Å². The summed E-state index contributed by atoms with van der Waals surface area (Å²) in [6.07, 6.45) is 4.54. The maximum Gasteiger partial charge on any atom is 0.312 e. The molecule has 8 nitrogen and oxygen atoms in total. The first kappa shape index (κ1) is 26.5. The molecule has 2 saturated heterocycles. The molecule has 2 aliphatic heterocycles. The Morgan fingerprint density at radius 1 is 1.24 bits per heavy atom. The predicted octanol–water partition coefficient (Wildman–Crippen LogP) is 5.38. The molecule has 2 aromatic heterocycles. The van der Waals surface area contributed by atoms with Gasteiger partial charge in [0.25, 0.3) is 5.92 Å². The van der Waals surface area contributed by atoms with Crippen LogP contribution < -0.4 is 4.90 Å². The molecule has 0 spiro atoms. The zero-order valence-corrected chi connectivity index (χ0v) is 21.6. The molecule has 38 heavy (non-hydrogen) atoms. The van der Waals surface area contributed by atoms with Crippen molar-refractivity contribution in [2.75, 3.05) is 37.8 Å². The number of carbonyl (C=O) groups is 1. The lowest BCUT2D eigenvalue weighted by molar-refractivity contribution is -0.163. The number of halogens is 2. The van der Waals surface area contributed by atoms with Crippen molar-refractivity contribution in [3.8, 4) is 11.4 Å². The van der Waals surface area contributed by atoms with Crippen molar-refractivity contribution in [1.29, 1.82) is 0 Å². The van der Waals surface area contributed by atoms with Crippen LogP contribution in [0.5, 0.6) is 0 Å². The fraction of sp³-hybridized carbons (Fsp3) is 0.536. The Balaban J connectivity index is 1.19. The molecule has 4 heterocycles. The second kappa shape index (κ2) is 10.9. The molecule has 204 valence electrons. The summed E-state index contributed by atoms with van der Waals surface area (Å²) in [5.41, 5.74) is 1.13. The molecule has 2 N–H and O–H groups in total. The van der Waals surface area contributed by atoms with Crippen molar-refractivity contribution in [3.63, 3.8) is 0 Å². The van der Waals surface area contributed by atoms with Gasteiger partial charge >= 0.3 is 5.97 Å². The molecular formula is C28H34F2N4O4. The summed E-state index contributed by atoms with van der Waals surface area (Å²) in [7, 11) is 0. The fourth-order valence-electron chi connectivity index (χ4n) is 5.26. The van der Waals surface area contributed by atoms with Crippen LogP contribution in [0.4, 0.5) is 14.6 Å². The van der Waals surface area contributed by atoms with Gasteiger partial charge in [-0.2, -0.15) is 0 Å². The highest BCUT2D eigenvalue weighted by molar-refractivity contribution is 5.80. The maximum absolute atomic E-state index is 14.4. The lowest BCUT2D eigenvalue weighted by Crippen LogP contribution is -2.44. The molecular weight excluding hydrogens is 494 g/mol. The van der Waals surface area contributed by atoms with Gasteiger partial charge in [0, 0.05) is 50.0 Å². The van der Waals surface area contributed by atoms with E-state index in [9.17, 15) is 18.7 Å². The molecule has 0 unspecified atom stereocenters. The molecule has 10 heteroatoms. The van der Waals surface area contributed by atoms with Crippen LogP contribution in [0.25, 0.3) is 22.4 Å². The molecule has 1 aromatic carbocycles. The lowest BCUT2D eigenvalue weighted by atomic mass is 9.81. The van der Waals surface area contributed by atoms with Gasteiger partial charge in [0.2, 0.25) is 0 Å². The average molecular weight is 529 g/mol. The van der Waals surface area contributed by atoms with Crippen molar-refractivity contribution in [2.45, 2.75) is 57.5 Å². The lowest BCUT2D eigenvalue weighted by Gasteiger charge is -2.37. The van der Waals surface area contributed by atoms with Crippen LogP contribution in [0.3, 0.4) is 0 Å². The van der Waals surface area contributed by atoms with E-state index in [0.717, 1.165) is 37.3 Å². The Labute approximate surface area is 220 Å². The standard InChI is InChI=1S/C28H34F2N4O4/c1-2-9-28(29,30)20-4-5-22-23(16-20)33-25(32-22)19-3-6-24(31-17-19)34-12-7-21(8-13-34)38-18-27(26(35)36)10-14-37-15-11-27/h3-6,16-17,21H,2,7-15,18H2,1H3,(H,32,33)(H,35,36). The van der Waals surface area contributed by atoms with Gasteiger partial charge in [-0.3, -0.25) is 4.79 Å². The number of fused-ring (bicyclic) bond motifs is 1. The van der Waals surface area contributed by atoms with E-state index in [2.05, 4.69) is 19.9 Å². The number of hydrogen-bond donors (Lipinski definition) is 2. The molecule has 2 aliphatic rings. The Kier molecular flexibility index (Phi) is 7.63. The number of imidazole rings is 1. The third-order valence-electron chi connectivity index (χ3n) is 7.75. The zero-order valence-electron chi connectivity index (χ0n) is 21.6. The third-order valence-corrected chi connectivity index (χ3v) is 7.75. The molecule has 2 fully saturated rings. The molecule has 0 atom stereocenters. The van der Waals surface area contributed by atoms with Gasteiger partial charge < -0.3 is 24.5 Å². The Morgan fingerprint density at radius 3 is 2.66 bits per heavy atom. The molecule has 0 amide bonds. The SMILES string of the molecule is CCCC(F)(F)c1ccc2nc(-c3ccc(N4CCC(OCC5(C(=O)O)CCOCC5)CC4)nc3)[nH]c2c1. The van der Waals surface area contributed by atoms with Crippen LogP contribution in [-0.4, -0.2) is 65.0 Å². The van der Waals surface area contributed by atoms with Gasteiger partial charge in [0.05, 0.1) is 29.2 Å². The fourth-order valence-corrected chi connectivity index (χ4v) is 5.26. The monoisotopic (exact) mass is 528 g/mol. The summed E-state index contributed by atoms with van der Waals surface area (Å²) in [5.74, 6) is -2.24. The number of piperidine rings is 1. The molecule has 0 radical (unpaired) electrons.